The van der Waals surface area contributed by atoms with E-state index in [-0.39, 0.29) is 10.4 Å². The highest BCUT2D eigenvalue weighted by Gasteiger charge is 2.81. The number of methoxy groups -OCH3 is 1. The number of benzene rings is 1. The molecule has 31 heavy (non-hydrogen) atoms. The number of alkyl halides is 6. The highest BCUT2D eigenvalue weighted by Crippen LogP contribution is 2.63. The Bertz CT molecular complexity index is 1080. The van der Waals surface area contributed by atoms with E-state index < -0.39 is 34.7 Å². The molecule has 1 aromatic heterocycles. The summed E-state index contributed by atoms with van der Waals surface area (Å²) in [7, 11) is 1.54. The Labute approximate surface area is 178 Å². The standard InChI is InChI=1S/C22H17F7OS/c1-12-16(7-5-4-6-14-8-10-15(30-3)11-9-14)31-13(2)17(12)18-19(23)21(26,27)22(28,29)20(18,24)25/h4-11H,1-3H3. The molecular formula is C22H17F7OS. The first-order valence-corrected chi connectivity index (χ1v) is 9.81. The van der Waals surface area contributed by atoms with Gasteiger partial charge in [0.05, 0.1) is 12.7 Å². The summed E-state index contributed by atoms with van der Waals surface area (Å²) in [6.45, 7) is 2.60. The average molecular weight is 462 g/mol. The zero-order valence-corrected chi connectivity index (χ0v) is 17.4. The fourth-order valence-corrected chi connectivity index (χ4v) is 4.37. The van der Waals surface area contributed by atoms with Gasteiger partial charge in [0.2, 0.25) is 0 Å². The maximum absolute atomic E-state index is 14.2. The summed E-state index contributed by atoms with van der Waals surface area (Å²) in [5.41, 5.74) is -1.67. The van der Waals surface area contributed by atoms with Gasteiger partial charge in [-0.05, 0) is 43.2 Å². The van der Waals surface area contributed by atoms with Crippen LogP contribution in [0.2, 0.25) is 0 Å². The van der Waals surface area contributed by atoms with Gasteiger partial charge in [-0.3, -0.25) is 0 Å². The number of hydrogen-bond donors (Lipinski definition) is 0. The lowest BCUT2D eigenvalue weighted by atomic mass is 9.97. The molecule has 1 nitrogen and oxygen atoms in total. The zero-order valence-electron chi connectivity index (χ0n) is 16.6. The van der Waals surface area contributed by atoms with Crippen LogP contribution >= 0.6 is 11.3 Å². The molecule has 0 saturated carbocycles. The van der Waals surface area contributed by atoms with Gasteiger partial charge < -0.3 is 4.74 Å². The molecule has 9 heteroatoms. The molecule has 1 aliphatic carbocycles. The van der Waals surface area contributed by atoms with Gasteiger partial charge >= 0.3 is 17.8 Å². The second-order valence-electron chi connectivity index (χ2n) is 6.93. The summed E-state index contributed by atoms with van der Waals surface area (Å²) >= 11 is 0.921. The zero-order chi connectivity index (χ0) is 23.2. The van der Waals surface area contributed by atoms with Crippen LogP contribution in [0.5, 0.6) is 5.75 Å². The van der Waals surface area contributed by atoms with Crippen molar-refractivity contribution in [3.63, 3.8) is 0 Å². The molecule has 166 valence electrons. The molecule has 0 fully saturated rings. The summed E-state index contributed by atoms with van der Waals surface area (Å²) in [5.74, 6) is -18.9. The van der Waals surface area contributed by atoms with Gasteiger partial charge in [-0.1, -0.05) is 30.4 Å². The molecule has 3 rings (SSSR count). The van der Waals surface area contributed by atoms with Crippen LogP contribution in [0.15, 0.2) is 42.2 Å². The third-order valence-corrected chi connectivity index (χ3v) is 6.14. The van der Waals surface area contributed by atoms with Crippen LogP contribution in [-0.4, -0.2) is 24.9 Å². The molecule has 0 spiro atoms. The van der Waals surface area contributed by atoms with Crippen molar-refractivity contribution in [1.82, 2.24) is 0 Å². The quantitative estimate of drug-likeness (QED) is 0.327. The molecule has 0 amide bonds. The van der Waals surface area contributed by atoms with E-state index in [0.717, 1.165) is 16.9 Å². The van der Waals surface area contributed by atoms with E-state index >= 15 is 0 Å². The minimum Gasteiger partial charge on any atom is -0.497 e. The largest absolute Gasteiger partial charge is 0.497 e. The van der Waals surface area contributed by atoms with Crippen molar-refractivity contribution in [1.29, 1.82) is 0 Å². The minimum absolute atomic E-state index is 0.0231. The van der Waals surface area contributed by atoms with E-state index in [4.69, 9.17) is 4.74 Å². The summed E-state index contributed by atoms with van der Waals surface area (Å²) in [6.07, 6.45) is 6.49. The molecule has 1 aromatic carbocycles. The lowest BCUT2D eigenvalue weighted by Gasteiger charge is -2.24. The van der Waals surface area contributed by atoms with Gasteiger partial charge in [-0.25, -0.2) is 4.39 Å². The molecule has 0 atom stereocenters. The first kappa shape index (κ1) is 23.1. The van der Waals surface area contributed by atoms with E-state index in [1.165, 1.54) is 19.9 Å². The lowest BCUT2D eigenvalue weighted by molar-refractivity contribution is -0.263. The van der Waals surface area contributed by atoms with Gasteiger partial charge in [-0.2, -0.15) is 26.3 Å². The number of ether oxygens (including phenoxy) is 1. The van der Waals surface area contributed by atoms with Crippen LogP contribution in [-0.2, 0) is 0 Å². The maximum atomic E-state index is 14.2. The molecule has 2 aromatic rings. The first-order valence-electron chi connectivity index (χ1n) is 8.99. The fraction of sp³-hybridized carbons (Fsp3) is 0.273. The number of hydrogen-bond acceptors (Lipinski definition) is 2. The molecule has 0 aliphatic heterocycles. The van der Waals surface area contributed by atoms with Gasteiger partial charge in [-0.15, -0.1) is 11.3 Å². The van der Waals surface area contributed by atoms with Crippen LogP contribution in [0.4, 0.5) is 30.7 Å². The van der Waals surface area contributed by atoms with Crippen LogP contribution in [0.1, 0.15) is 26.4 Å². The number of rotatable bonds is 5. The maximum Gasteiger partial charge on any atom is 0.383 e. The summed E-state index contributed by atoms with van der Waals surface area (Å²) in [4.78, 5) is 0.399. The number of aryl methyl sites for hydroxylation is 1. The molecule has 0 N–H and O–H groups in total. The average Bonchev–Trinajstić information content (AvgIpc) is 3.02. The predicted molar refractivity (Wildman–Crippen MR) is 108 cm³/mol. The predicted octanol–water partition coefficient (Wildman–Crippen LogP) is 7.70. The van der Waals surface area contributed by atoms with E-state index in [9.17, 15) is 30.7 Å². The molecule has 1 aliphatic rings. The Morgan fingerprint density at radius 2 is 1.45 bits per heavy atom. The smallest absolute Gasteiger partial charge is 0.383 e. The summed E-state index contributed by atoms with van der Waals surface area (Å²) in [5, 5.41) is 0. The van der Waals surface area contributed by atoms with Crippen molar-refractivity contribution in [3.05, 3.63) is 68.7 Å². The van der Waals surface area contributed by atoms with Crippen molar-refractivity contribution in [2.24, 2.45) is 0 Å². The van der Waals surface area contributed by atoms with E-state index in [1.807, 2.05) is 0 Å². The topological polar surface area (TPSA) is 9.23 Å². The molecular weight excluding hydrogens is 445 g/mol. The minimum atomic E-state index is -5.85. The Balaban J connectivity index is 1.93. The van der Waals surface area contributed by atoms with Crippen molar-refractivity contribution in [3.8, 4) is 5.75 Å². The van der Waals surface area contributed by atoms with Gasteiger partial charge in [0.1, 0.15) is 5.75 Å². The van der Waals surface area contributed by atoms with Crippen molar-refractivity contribution in [2.45, 2.75) is 31.6 Å². The third-order valence-electron chi connectivity index (χ3n) is 4.97. The van der Waals surface area contributed by atoms with E-state index in [1.54, 1.807) is 49.6 Å². The second kappa shape index (κ2) is 7.85. The SMILES string of the molecule is COc1ccc(C=CC=Cc2sc(C)c(C3=C(F)C(F)(F)C(F)(F)C3(F)F)c2C)cc1. The monoisotopic (exact) mass is 462 g/mol. The van der Waals surface area contributed by atoms with Crippen molar-refractivity contribution < 1.29 is 35.5 Å². The molecule has 0 unspecified atom stereocenters. The lowest BCUT2D eigenvalue weighted by Crippen LogP contribution is -2.48. The second-order valence-corrected chi connectivity index (χ2v) is 8.18. The summed E-state index contributed by atoms with van der Waals surface area (Å²) in [6, 6.07) is 7.13. The third kappa shape index (κ3) is 3.58. The van der Waals surface area contributed by atoms with Crippen molar-refractivity contribution >= 4 is 29.1 Å². The van der Waals surface area contributed by atoms with E-state index in [0.29, 0.717) is 10.6 Å². The molecule has 0 radical (unpaired) electrons. The van der Waals surface area contributed by atoms with Crippen LogP contribution in [0.25, 0.3) is 17.7 Å². The normalized spacial score (nSPS) is 19.7. The van der Waals surface area contributed by atoms with E-state index in [2.05, 4.69) is 0 Å². The number of allylic oxidation sites excluding steroid dienone is 4. The Kier molecular flexibility index (Phi) is 5.86. The van der Waals surface area contributed by atoms with Gasteiger partial charge in [0.25, 0.3) is 0 Å². The summed E-state index contributed by atoms with van der Waals surface area (Å²) < 4.78 is 102. The highest BCUT2D eigenvalue weighted by molar-refractivity contribution is 7.13. The van der Waals surface area contributed by atoms with Gasteiger partial charge in [0, 0.05) is 15.3 Å². The van der Waals surface area contributed by atoms with Crippen molar-refractivity contribution in [2.75, 3.05) is 7.11 Å². The van der Waals surface area contributed by atoms with Gasteiger partial charge in [0.15, 0.2) is 5.83 Å². The van der Waals surface area contributed by atoms with Crippen LogP contribution < -0.4 is 4.74 Å². The van der Waals surface area contributed by atoms with Crippen LogP contribution in [0, 0.1) is 13.8 Å². The first-order chi connectivity index (χ1) is 14.4. The number of thiophene rings is 1. The molecule has 0 saturated heterocycles. The Morgan fingerprint density at radius 3 is 1.97 bits per heavy atom. The fourth-order valence-electron chi connectivity index (χ4n) is 3.28. The Hall–Kier alpha value is -2.55. The Morgan fingerprint density at radius 1 is 0.871 bits per heavy atom. The highest BCUT2D eigenvalue weighted by atomic mass is 32.1. The molecule has 0 bridgehead atoms. The number of halogens is 7. The molecule has 1 heterocycles. The van der Waals surface area contributed by atoms with Crippen LogP contribution in [0.3, 0.4) is 0 Å².